The van der Waals surface area contributed by atoms with E-state index in [1.165, 1.54) is 12.8 Å². The first-order valence-corrected chi connectivity index (χ1v) is 7.27. The predicted octanol–water partition coefficient (Wildman–Crippen LogP) is 1.22. The number of hydrogen-bond donors (Lipinski definition) is 2. The topological polar surface area (TPSA) is 58.9 Å². The molecule has 0 aliphatic heterocycles. The van der Waals surface area contributed by atoms with Crippen LogP contribution in [0.3, 0.4) is 0 Å². The average Bonchev–Trinajstić information content (AvgIpc) is 2.26. The van der Waals surface area contributed by atoms with Crippen LogP contribution in [0.5, 0.6) is 0 Å². The summed E-state index contributed by atoms with van der Waals surface area (Å²) < 4.78 is 10.5. The summed E-state index contributed by atoms with van der Waals surface area (Å²) >= 11 is 0. The summed E-state index contributed by atoms with van der Waals surface area (Å²) in [6.45, 7) is 9.91. The Balaban J connectivity index is -0.000000102. The third kappa shape index (κ3) is 60.7. The van der Waals surface area contributed by atoms with E-state index in [2.05, 4.69) is 13.8 Å². The van der Waals surface area contributed by atoms with E-state index in [0.717, 1.165) is 19.6 Å². The van der Waals surface area contributed by atoms with Crippen molar-refractivity contribution in [1.82, 2.24) is 0 Å². The van der Waals surface area contributed by atoms with Crippen LogP contribution >= 0.6 is 0 Å². The number of rotatable bonds is 7. The zero-order valence-electron chi connectivity index (χ0n) is 11.8. The molecule has 0 aromatic rings. The standard InChI is InChI=1S/C7H18O2Si.2C2H6O.Mo/c1-3-5-7-9-10-8-6-4-2;2*1-2-3;/h3-7,10H2,1-2H3;2*3H,2H2,1H3;. The molecule has 0 aliphatic rings. The van der Waals surface area contributed by atoms with Crippen LogP contribution in [0.2, 0.25) is 0 Å². The molecule has 0 aliphatic carbocycles. The fourth-order valence-corrected chi connectivity index (χ4v) is 1.41. The first-order valence-electron chi connectivity index (χ1n) is 6.12. The Morgan fingerprint density at radius 3 is 1.59 bits per heavy atom. The third-order valence-electron chi connectivity index (χ3n) is 1.16. The van der Waals surface area contributed by atoms with Crippen LogP contribution in [0, 0.1) is 0 Å². The molecule has 0 atom stereocenters. The van der Waals surface area contributed by atoms with Gasteiger partial charge in [0.2, 0.25) is 0 Å². The van der Waals surface area contributed by atoms with Crippen LogP contribution in [0.4, 0.5) is 0 Å². The number of unbranched alkanes of at least 4 members (excludes halogenated alkanes) is 1. The maximum absolute atomic E-state index is 7.57. The van der Waals surface area contributed by atoms with Gasteiger partial charge in [-0.1, -0.05) is 20.3 Å². The maximum atomic E-state index is 7.57. The Morgan fingerprint density at radius 1 is 0.824 bits per heavy atom. The molecule has 0 radical (unpaired) electrons. The largest absolute Gasteiger partial charge is 0.399 e. The van der Waals surface area contributed by atoms with E-state index in [1.54, 1.807) is 13.8 Å². The summed E-state index contributed by atoms with van der Waals surface area (Å²) in [6.07, 6.45) is 3.48. The molecule has 0 unspecified atom stereocenters. The van der Waals surface area contributed by atoms with Gasteiger partial charge in [-0.15, -0.1) is 0 Å². The van der Waals surface area contributed by atoms with Gasteiger partial charge in [-0.3, -0.25) is 0 Å². The molecule has 6 heteroatoms. The van der Waals surface area contributed by atoms with Crippen molar-refractivity contribution in [3.63, 3.8) is 0 Å². The van der Waals surface area contributed by atoms with E-state index in [9.17, 15) is 0 Å². The molecule has 0 heterocycles. The van der Waals surface area contributed by atoms with Crippen LogP contribution in [0.1, 0.15) is 47.0 Å². The number of aliphatic hydroxyl groups excluding tert-OH is 2. The fraction of sp³-hybridized carbons (Fsp3) is 1.00. The van der Waals surface area contributed by atoms with Crippen LogP contribution in [-0.2, 0) is 29.9 Å². The van der Waals surface area contributed by atoms with Crippen molar-refractivity contribution in [2.45, 2.75) is 47.0 Å². The van der Waals surface area contributed by atoms with Gasteiger partial charge in [0, 0.05) is 47.5 Å². The van der Waals surface area contributed by atoms with Crippen LogP contribution in [0.15, 0.2) is 0 Å². The van der Waals surface area contributed by atoms with E-state index in [1.807, 2.05) is 0 Å². The molecule has 2 N–H and O–H groups in total. The summed E-state index contributed by atoms with van der Waals surface area (Å²) in [5.41, 5.74) is 0. The molecule has 0 aromatic heterocycles. The number of hydrogen-bond acceptors (Lipinski definition) is 4. The molecule has 4 nitrogen and oxygen atoms in total. The van der Waals surface area contributed by atoms with Crippen molar-refractivity contribution < 1.29 is 40.1 Å². The van der Waals surface area contributed by atoms with Crippen molar-refractivity contribution in [3.05, 3.63) is 0 Å². The van der Waals surface area contributed by atoms with Gasteiger partial charge < -0.3 is 19.1 Å². The Kier molecular flexibility index (Phi) is 55.7. The zero-order valence-corrected chi connectivity index (χ0v) is 15.2. The molecule has 108 valence electrons. The summed E-state index contributed by atoms with van der Waals surface area (Å²) in [5, 5.41) is 15.1. The van der Waals surface area contributed by atoms with E-state index in [4.69, 9.17) is 19.1 Å². The summed E-state index contributed by atoms with van der Waals surface area (Å²) in [5.74, 6) is 0. The van der Waals surface area contributed by atoms with Crippen LogP contribution in [0.25, 0.3) is 0 Å². The van der Waals surface area contributed by atoms with Crippen LogP contribution in [-0.4, -0.2) is 46.6 Å². The Bertz CT molecular complexity index is 79.9. The Morgan fingerprint density at radius 2 is 1.24 bits per heavy atom. The Hall–Kier alpha value is 0.745. The first-order chi connectivity index (χ1) is 7.74. The minimum atomic E-state index is -0.620. The van der Waals surface area contributed by atoms with E-state index < -0.39 is 10.0 Å². The molecule has 0 aromatic carbocycles. The summed E-state index contributed by atoms with van der Waals surface area (Å²) in [7, 11) is -0.620. The quantitative estimate of drug-likeness (QED) is 0.536. The predicted molar refractivity (Wildman–Crippen MR) is 71.2 cm³/mol. The van der Waals surface area contributed by atoms with E-state index in [-0.39, 0.29) is 34.3 Å². The van der Waals surface area contributed by atoms with Gasteiger partial charge in [0.25, 0.3) is 0 Å². The van der Waals surface area contributed by atoms with Gasteiger partial charge in [0.15, 0.2) is 0 Å². The molecule has 0 amide bonds. The molecule has 0 saturated carbocycles. The van der Waals surface area contributed by atoms with E-state index in [0.29, 0.717) is 0 Å². The molecule has 0 spiro atoms. The van der Waals surface area contributed by atoms with Gasteiger partial charge >= 0.3 is 10.0 Å². The smallest absolute Gasteiger partial charge is 0.304 e. The van der Waals surface area contributed by atoms with Gasteiger partial charge in [-0.2, -0.15) is 0 Å². The SMILES string of the molecule is CCCCO[SiH2]OCCC.CCO.CCO.[Mo]. The monoisotopic (exact) mass is 352 g/mol. The number of aliphatic hydroxyl groups is 2. The summed E-state index contributed by atoms with van der Waals surface area (Å²) in [6, 6.07) is 0. The second kappa shape index (κ2) is 36.0. The average molecular weight is 350 g/mol. The third-order valence-corrected chi connectivity index (χ3v) is 2.07. The second-order valence-electron chi connectivity index (χ2n) is 2.92. The molecule has 0 rings (SSSR count). The van der Waals surface area contributed by atoms with Crippen molar-refractivity contribution in [1.29, 1.82) is 0 Å². The summed E-state index contributed by atoms with van der Waals surface area (Å²) in [4.78, 5) is 0. The van der Waals surface area contributed by atoms with E-state index >= 15 is 0 Å². The zero-order chi connectivity index (χ0) is 13.1. The molecule has 0 saturated heterocycles. The van der Waals surface area contributed by atoms with Crippen molar-refractivity contribution in [2.75, 3.05) is 26.4 Å². The van der Waals surface area contributed by atoms with Gasteiger partial charge in [-0.25, -0.2) is 0 Å². The normalized spacial score (nSPS) is 8.82. The molecular weight excluding hydrogens is 320 g/mol. The maximum Gasteiger partial charge on any atom is 0.304 e. The second-order valence-corrected chi connectivity index (χ2v) is 3.97. The minimum Gasteiger partial charge on any atom is -0.399 e. The minimum absolute atomic E-state index is 0. The Labute approximate surface area is 123 Å². The molecule has 0 bridgehead atoms. The van der Waals surface area contributed by atoms with Gasteiger partial charge in [-0.05, 0) is 26.7 Å². The molecule has 17 heavy (non-hydrogen) atoms. The van der Waals surface area contributed by atoms with Crippen molar-refractivity contribution in [3.8, 4) is 0 Å². The fourth-order valence-electron chi connectivity index (χ4n) is 0.568. The van der Waals surface area contributed by atoms with Crippen LogP contribution < -0.4 is 0 Å². The van der Waals surface area contributed by atoms with Crippen molar-refractivity contribution in [2.24, 2.45) is 0 Å². The first kappa shape index (κ1) is 26.3. The molecular formula is C11H30MoO4Si. The molecule has 0 fully saturated rings. The van der Waals surface area contributed by atoms with Gasteiger partial charge in [0.1, 0.15) is 0 Å². The van der Waals surface area contributed by atoms with Crippen molar-refractivity contribution >= 4 is 10.0 Å². The van der Waals surface area contributed by atoms with Gasteiger partial charge in [0.05, 0.1) is 0 Å².